The van der Waals surface area contributed by atoms with Gasteiger partial charge in [-0.2, -0.15) is 0 Å². The SMILES string of the molecule is Cc1cc2c(cc1C)P13(O[C@@H](c4ccccc4)[C@@H]1C)c1cc(C)c(C)cc1[As]2c1cc(C)c(C)cc13. The molecule has 4 heterocycles. The van der Waals surface area contributed by atoms with Crippen LogP contribution >= 0.6 is 6.83 Å². The first-order valence-corrected chi connectivity index (χ1v) is 18.1. The molecule has 4 aromatic carbocycles. The van der Waals surface area contributed by atoms with Crippen molar-refractivity contribution < 1.29 is 4.52 Å². The molecule has 0 amide bonds. The van der Waals surface area contributed by atoms with Crippen LogP contribution in [0.15, 0.2) is 66.7 Å². The molecule has 4 aromatic rings. The fourth-order valence-corrected chi connectivity index (χ4v) is 24.9. The number of hydrogen-bond donors (Lipinski definition) is 0. The fraction of sp³-hybridized carbons (Fsp3) is 0.273. The van der Waals surface area contributed by atoms with Crippen molar-refractivity contribution in [2.45, 2.75) is 60.2 Å². The number of rotatable bonds is 1. The first-order chi connectivity index (χ1) is 17.2. The number of hydrogen-bond acceptors (Lipinski definition) is 1. The summed E-state index contributed by atoms with van der Waals surface area (Å²) in [6.45, 7) is 13.1. The van der Waals surface area contributed by atoms with Crippen molar-refractivity contribution in [2.75, 3.05) is 0 Å². The van der Waals surface area contributed by atoms with E-state index in [1.54, 1.807) is 29.0 Å². The van der Waals surface area contributed by atoms with E-state index in [-0.39, 0.29) is 6.10 Å². The van der Waals surface area contributed by atoms with E-state index in [0.29, 0.717) is 5.66 Å². The molecule has 36 heavy (non-hydrogen) atoms. The molecule has 2 bridgehead atoms. The Morgan fingerprint density at radius 1 is 0.583 bits per heavy atom. The maximum atomic E-state index is 7.76. The van der Waals surface area contributed by atoms with Gasteiger partial charge in [0.2, 0.25) is 0 Å². The summed E-state index contributed by atoms with van der Waals surface area (Å²) in [5.74, 6) is 0. The Hall–Kier alpha value is -2.17. The molecule has 1 spiro atoms. The van der Waals surface area contributed by atoms with Gasteiger partial charge in [-0.1, -0.05) is 0 Å². The second kappa shape index (κ2) is 7.23. The van der Waals surface area contributed by atoms with Crippen LogP contribution in [0.3, 0.4) is 0 Å². The molecule has 0 aromatic heterocycles. The normalized spacial score (nSPS) is 24.8. The van der Waals surface area contributed by atoms with Crippen molar-refractivity contribution >= 4 is 50.4 Å². The average molecular weight is 553 g/mol. The summed E-state index contributed by atoms with van der Waals surface area (Å²) in [5, 5.41) is 4.70. The molecule has 1 fully saturated rings. The van der Waals surface area contributed by atoms with Crippen molar-refractivity contribution in [3.05, 3.63) is 106 Å². The second-order valence-electron chi connectivity index (χ2n) is 11.4. The van der Waals surface area contributed by atoms with Gasteiger partial charge in [0.1, 0.15) is 0 Å². The van der Waals surface area contributed by atoms with Gasteiger partial charge >= 0.3 is 221 Å². The van der Waals surface area contributed by atoms with Crippen LogP contribution in [0.25, 0.3) is 0 Å². The molecule has 8 rings (SSSR count). The molecule has 0 unspecified atom stereocenters. The van der Waals surface area contributed by atoms with E-state index in [0.717, 1.165) is 0 Å². The van der Waals surface area contributed by atoms with Crippen LogP contribution < -0.4 is 29.0 Å². The fourth-order valence-electron chi connectivity index (χ4n) is 7.17. The third-order valence-corrected chi connectivity index (χ3v) is 22.6. The van der Waals surface area contributed by atoms with Crippen LogP contribution in [0, 0.1) is 41.5 Å². The van der Waals surface area contributed by atoms with E-state index < -0.39 is 21.5 Å². The summed E-state index contributed by atoms with van der Waals surface area (Å²) in [7, 11) is 0. The number of aryl methyl sites for hydroxylation is 6. The Morgan fingerprint density at radius 2 is 0.972 bits per heavy atom. The summed E-state index contributed by atoms with van der Waals surface area (Å²) in [5.41, 5.74) is 10.1. The van der Waals surface area contributed by atoms with Crippen LogP contribution in [-0.2, 0) is 4.52 Å². The van der Waals surface area contributed by atoms with Gasteiger partial charge in [-0.3, -0.25) is 0 Å². The Balaban J connectivity index is 1.67. The quantitative estimate of drug-likeness (QED) is 0.248. The van der Waals surface area contributed by atoms with E-state index >= 15 is 0 Å². The van der Waals surface area contributed by atoms with E-state index in [9.17, 15) is 0 Å². The molecule has 4 aliphatic rings. The molecular weight excluding hydrogens is 518 g/mol. The van der Waals surface area contributed by atoms with Crippen LogP contribution in [-0.4, -0.2) is 20.3 Å². The zero-order valence-electron chi connectivity index (χ0n) is 22.3. The topological polar surface area (TPSA) is 9.23 Å². The van der Waals surface area contributed by atoms with Crippen molar-refractivity contribution in [2.24, 2.45) is 0 Å². The van der Waals surface area contributed by atoms with E-state index in [1.165, 1.54) is 38.9 Å². The molecule has 0 saturated carbocycles. The molecule has 0 N–H and O–H groups in total. The summed E-state index contributed by atoms with van der Waals surface area (Å²) in [6.07, 6.45) is 0.111. The van der Waals surface area contributed by atoms with Crippen molar-refractivity contribution in [3.8, 4) is 0 Å². The van der Waals surface area contributed by atoms with Gasteiger partial charge in [-0.25, -0.2) is 0 Å². The number of benzene rings is 4. The molecule has 1 nitrogen and oxygen atoms in total. The predicted octanol–water partition coefficient (Wildman–Crippen LogP) is 4.58. The van der Waals surface area contributed by atoms with Crippen LogP contribution in [0.4, 0.5) is 0 Å². The summed E-state index contributed by atoms with van der Waals surface area (Å²) in [4.78, 5) is 0. The average Bonchev–Trinajstić information content (AvgIpc) is 2.86. The Labute approximate surface area is 220 Å². The van der Waals surface area contributed by atoms with Crippen molar-refractivity contribution in [3.63, 3.8) is 0 Å². The monoisotopic (exact) mass is 552 g/mol. The van der Waals surface area contributed by atoms with Crippen LogP contribution in [0.2, 0.25) is 0 Å². The van der Waals surface area contributed by atoms with Gasteiger partial charge in [0.25, 0.3) is 0 Å². The van der Waals surface area contributed by atoms with E-state index in [2.05, 4.69) is 115 Å². The molecule has 1 saturated heterocycles. The molecule has 3 heteroatoms. The van der Waals surface area contributed by atoms with Gasteiger partial charge in [-0.05, 0) is 0 Å². The van der Waals surface area contributed by atoms with Gasteiger partial charge < -0.3 is 0 Å². The Morgan fingerprint density at radius 3 is 1.36 bits per heavy atom. The Kier molecular flexibility index (Phi) is 4.61. The van der Waals surface area contributed by atoms with Gasteiger partial charge in [0, 0.05) is 0 Å². The molecule has 182 valence electrons. The van der Waals surface area contributed by atoms with Gasteiger partial charge in [-0.15, -0.1) is 0 Å². The minimum atomic E-state index is -3.15. The minimum absolute atomic E-state index is 0.111. The molecular formula is C33H34AsOP. The third kappa shape index (κ3) is 2.42. The van der Waals surface area contributed by atoms with Crippen molar-refractivity contribution in [1.82, 2.24) is 0 Å². The summed E-state index contributed by atoms with van der Waals surface area (Å²) >= 11 is -1.71. The first-order valence-electron chi connectivity index (χ1n) is 13.1. The molecule has 2 atom stereocenters. The summed E-state index contributed by atoms with van der Waals surface area (Å²) in [6, 6.07) is 26.3. The Bertz CT molecular complexity index is 1470. The molecule has 0 aliphatic carbocycles. The van der Waals surface area contributed by atoms with Crippen LogP contribution in [0.1, 0.15) is 52.0 Å². The first kappa shape index (κ1) is 23.0. The van der Waals surface area contributed by atoms with Crippen molar-refractivity contribution in [1.29, 1.82) is 0 Å². The van der Waals surface area contributed by atoms with E-state index in [4.69, 9.17) is 4.52 Å². The zero-order valence-corrected chi connectivity index (χ0v) is 25.1. The zero-order chi connectivity index (χ0) is 25.2. The standard InChI is InChI=1S/C33H34AsOP/c1-19-13-27-30(16-22(19)4)36(25(7)33(35-36)26-11-9-8-10-12-26)31-17-23(5)20(2)14-28(31)34(27)29-15-21(3)24(6)18-32(29)36/h8-18,25,33H,1-7H3/t25-,33+/m0/s1. The van der Waals surface area contributed by atoms with E-state index in [1.807, 2.05) is 0 Å². The molecule has 4 aliphatic heterocycles. The van der Waals surface area contributed by atoms with Crippen LogP contribution in [0.5, 0.6) is 0 Å². The van der Waals surface area contributed by atoms with Gasteiger partial charge in [0.05, 0.1) is 0 Å². The second-order valence-corrected chi connectivity index (χ2v) is 20.5. The molecule has 0 radical (unpaired) electrons. The summed E-state index contributed by atoms with van der Waals surface area (Å²) < 4.78 is 12.7. The predicted molar refractivity (Wildman–Crippen MR) is 158 cm³/mol. The third-order valence-electron chi connectivity index (χ3n) is 9.61. The maximum absolute atomic E-state index is 7.76. The van der Waals surface area contributed by atoms with Gasteiger partial charge in [0.15, 0.2) is 0 Å².